The Bertz CT molecular complexity index is 1620. The fourth-order valence-electron chi connectivity index (χ4n) is 9.07. The van der Waals surface area contributed by atoms with Gasteiger partial charge in [-0.05, 0) is 108 Å². The Balaban J connectivity index is 1.88. The fourth-order valence-corrected chi connectivity index (χ4v) is 9.07. The Morgan fingerprint density at radius 3 is 2.27 bits per heavy atom. The maximum atomic E-state index is 14.1. The molecule has 2 fully saturated rings. The Kier molecular flexibility index (Phi) is 23.3. The second-order valence-electron chi connectivity index (χ2n) is 18.7. The van der Waals surface area contributed by atoms with Crippen molar-refractivity contribution in [2.75, 3.05) is 26.9 Å². The van der Waals surface area contributed by atoms with Crippen LogP contribution in [0.15, 0.2) is 47.6 Å². The molecule has 0 aromatic rings. The zero-order chi connectivity index (χ0) is 46.7. The Hall–Kier alpha value is -3.33. The molecule has 13 heteroatoms. The van der Waals surface area contributed by atoms with Gasteiger partial charge in [0, 0.05) is 44.2 Å². The third-order valence-electron chi connectivity index (χ3n) is 13.4. The van der Waals surface area contributed by atoms with Gasteiger partial charge in [-0.1, -0.05) is 82.6 Å². The van der Waals surface area contributed by atoms with Crippen LogP contribution in [0.4, 0.5) is 0 Å². The van der Waals surface area contributed by atoms with E-state index in [1.807, 2.05) is 51.2 Å². The molecule has 10 atom stereocenters. The van der Waals surface area contributed by atoms with Crippen molar-refractivity contribution >= 4 is 29.2 Å². The Labute approximate surface area is 376 Å². The molecule has 1 saturated heterocycles. The summed E-state index contributed by atoms with van der Waals surface area (Å²) in [5.41, 5.74) is 1.67. The first-order chi connectivity index (χ1) is 29.9. The number of aliphatic hydroxyl groups is 4. The molecular weight excluding hydrogens is 807 g/mol. The van der Waals surface area contributed by atoms with E-state index in [2.05, 4.69) is 0 Å². The number of ether oxygens (including phenoxy) is 3. The third kappa shape index (κ3) is 17.5. The number of methoxy groups -OCH3 is 1. The van der Waals surface area contributed by atoms with Gasteiger partial charge in [-0.2, -0.15) is 0 Å². The number of allylic oxidation sites excluding steroid dienone is 7. The van der Waals surface area contributed by atoms with Gasteiger partial charge in [0.2, 0.25) is 5.79 Å². The molecule has 1 aliphatic carbocycles. The number of rotatable bonds is 7. The number of esters is 1. The monoisotopic (exact) mass is 886 g/mol. The molecule has 1 saturated carbocycles. The van der Waals surface area contributed by atoms with Crippen molar-refractivity contribution in [1.82, 2.24) is 4.90 Å². The van der Waals surface area contributed by atoms with E-state index in [1.165, 1.54) is 12.5 Å². The average Bonchev–Trinajstić information content (AvgIpc) is 3.25. The molecule has 2 aliphatic heterocycles. The highest BCUT2D eigenvalue weighted by molar-refractivity contribution is 6.39. The lowest BCUT2D eigenvalue weighted by Gasteiger charge is -2.37. The molecule has 13 nitrogen and oxygen atoms in total. The Morgan fingerprint density at radius 1 is 0.825 bits per heavy atom. The molecule has 356 valence electrons. The Morgan fingerprint density at radius 2 is 1.56 bits per heavy atom. The van der Waals surface area contributed by atoms with E-state index in [0.29, 0.717) is 63.4 Å². The maximum Gasteiger partial charge on any atom is 0.329 e. The summed E-state index contributed by atoms with van der Waals surface area (Å²) in [6.07, 6.45) is 17.6. The highest BCUT2D eigenvalue weighted by Gasteiger charge is 2.47. The summed E-state index contributed by atoms with van der Waals surface area (Å²) in [7, 11) is 1.62. The van der Waals surface area contributed by atoms with E-state index >= 15 is 0 Å². The lowest BCUT2D eigenvalue weighted by atomic mass is 9.81. The number of nitrogens with zero attached hydrogens (tertiary/aromatic N) is 1. The van der Waals surface area contributed by atoms with Crippen molar-refractivity contribution in [3.63, 3.8) is 0 Å². The smallest absolute Gasteiger partial charge is 0.329 e. The molecule has 0 unspecified atom stereocenters. The van der Waals surface area contributed by atoms with Crippen LogP contribution >= 0.6 is 0 Å². The number of carbonyl (C=O) groups is 5. The SMILES string of the molecule is CO[C@@H]1C[C@H](CC[C@@H]2CC(=O)[C@H](C)/C=C(\C)[C@@H](O)CC(=O)[C@H](C)C[C@H](C)/C=C/C=C/C=C(\C)CCCCC[C@@H](C)C(O)(O)C(=O)C(=O)N3CCCC[C@H]3C(=O)O2)CC[C@H]1OCCO. The standard InChI is InChI=1S/C50H79NO12/c1-33-16-10-8-12-18-34(2)28-35(3)43(54)32-44(55)37(5)29-36(4)42(53)31-40(23-21-39-22-24-45(62-27-26-52)46(30-39)61-7)63-49(58)41-20-14-15-25-51(41)48(57)47(56)50(59,60)38(6)19-13-9-11-17-33/h8,10,12,16,18,29,34-36,38-41,44-46,52,55,59-60H,9,11,13-15,17,19-28,30-32H2,1-7H3/b10-8+,18-12+,33-16+,37-29+/t34-,35-,36-,38-,39-,40-,41+,44+,45-,46-/m1/s1. The highest BCUT2D eigenvalue weighted by Crippen LogP contribution is 2.33. The van der Waals surface area contributed by atoms with Gasteiger partial charge in [0.15, 0.2) is 0 Å². The number of piperidine rings is 1. The lowest BCUT2D eigenvalue weighted by molar-refractivity contribution is -0.205. The molecule has 3 aliphatic rings. The molecule has 0 spiro atoms. The van der Waals surface area contributed by atoms with Gasteiger partial charge in [0.1, 0.15) is 23.7 Å². The predicted molar refractivity (Wildman–Crippen MR) is 241 cm³/mol. The number of carbonyl (C=O) groups excluding carboxylic acids is 5. The van der Waals surface area contributed by atoms with Crippen LogP contribution in [0.3, 0.4) is 0 Å². The zero-order valence-electron chi connectivity index (χ0n) is 39.2. The third-order valence-corrected chi connectivity index (χ3v) is 13.4. The number of Topliss-reactive ketones (excluding diaryl/α,β-unsaturated/α-hetero) is 3. The molecule has 3 rings (SSSR count). The van der Waals surface area contributed by atoms with Crippen LogP contribution in [0.1, 0.15) is 144 Å². The number of hydrogen-bond acceptors (Lipinski definition) is 12. The number of cyclic esters (lactones) is 1. The van der Waals surface area contributed by atoms with Crippen LogP contribution in [0.25, 0.3) is 0 Å². The maximum absolute atomic E-state index is 14.1. The van der Waals surface area contributed by atoms with Crippen LogP contribution in [0, 0.1) is 29.6 Å². The van der Waals surface area contributed by atoms with E-state index in [4.69, 9.17) is 14.2 Å². The quantitative estimate of drug-likeness (QED) is 0.0917. The van der Waals surface area contributed by atoms with E-state index in [1.54, 1.807) is 27.0 Å². The topological polar surface area (TPSA) is 197 Å². The molecule has 1 amide bonds. The van der Waals surface area contributed by atoms with Crippen LogP contribution in [0.2, 0.25) is 0 Å². The van der Waals surface area contributed by atoms with Crippen LogP contribution in [0.5, 0.6) is 0 Å². The van der Waals surface area contributed by atoms with Gasteiger partial charge in [-0.3, -0.25) is 19.2 Å². The van der Waals surface area contributed by atoms with Crippen molar-refractivity contribution in [2.24, 2.45) is 29.6 Å². The van der Waals surface area contributed by atoms with Gasteiger partial charge in [0.05, 0.1) is 31.5 Å². The summed E-state index contributed by atoms with van der Waals surface area (Å²) in [5, 5.41) is 42.4. The molecule has 0 aromatic carbocycles. The summed E-state index contributed by atoms with van der Waals surface area (Å²) >= 11 is 0. The first kappa shape index (κ1) is 54.0. The van der Waals surface area contributed by atoms with Crippen LogP contribution in [-0.2, 0) is 38.2 Å². The minimum absolute atomic E-state index is 0.0560. The normalized spacial score (nSPS) is 35.2. The van der Waals surface area contributed by atoms with Crippen molar-refractivity contribution in [3.8, 4) is 0 Å². The summed E-state index contributed by atoms with van der Waals surface area (Å²) in [6.45, 7) is 11.1. The molecule has 0 radical (unpaired) electrons. The van der Waals surface area contributed by atoms with E-state index in [9.17, 15) is 44.4 Å². The lowest BCUT2D eigenvalue weighted by Crippen LogP contribution is -2.57. The number of hydrogen-bond donors (Lipinski definition) is 4. The number of amides is 1. The largest absolute Gasteiger partial charge is 0.460 e. The van der Waals surface area contributed by atoms with Crippen LogP contribution in [-0.4, -0.2) is 118 Å². The van der Waals surface area contributed by atoms with Crippen molar-refractivity contribution in [2.45, 2.75) is 181 Å². The fraction of sp³-hybridized carbons (Fsp3) is 0.740. The predicted octanol–water partition coefficient (Wildman–Crippen LogP) is 6.69. The number of fused-ring (bicyclic) bond motifs is 1. The molecule has 63 heavy (non-hydrogen) atoms. The molecule has 2 heterocycles. The number of ketones is 3. The minimum Gasteiger partial charge on any atom is -0.460 e. The van der Waals surface area contributed by atoms with E-state index in [0.717, 1.165) is 30.6 Å². The molecular formula is C50H79NO12. The average molecular weight is 886 g/mol. The van der Waals surface area contributed by atoms with Crippen molar-refractivity contribution in [3.05, 3.63) is 47.6 Å². The van der Waals surface area contributed by atoms with Gasteiger partial charge < -0.3 is 39.5 Å². The zero-order valence-corrected chi connectivity index (χ0v) is 39.2. The summed E-state index contributed by atoms with van der Waals surface area (Å²) in [4.78, 5) is 69.5. The summed E-state index contributed by atoms with van der Waals surface area (Å²) in [5.74, 6) is -8.12. The minimum atomic E-state index is -2.92. The summed E-state index contributed by atoms with van der Waals surface area (Å²) in [6, 6.07) is -1.15. The molecule has 4 N–H and O–H groups in total. The van der Waals surface area contributed by atoms with Gasteiger partial charge in [0.25, 0.3) is 11.7 Å². The van der Waals surface area contributed by atoms with Gasteiger partial charge >= 0.3 is 5.97 Å². The highest BCUT2D eigenvalue weighted by atomic mass is 16.5. The second kappa shape index (κ2) is 27.2. The van der Waals surface area contributed by atoms with Crippen LogP contribution < -0.4 is 0 Å². The summed E-state index contributed by atoms with van der Waals surface area (Å²) < 4.78 is 17.6. The first-order valence-electron chi connectivity index (χ1n) is 23.6. The van der Waals surface area contributed by atoms with Gasteiger partial charge in [-0.25, -0.2) is 4.79 Å². The first-order valence-corrected chi connectivity index (χ1v) is 23.6. The van der Waals surface area contributed by atoms with E-state index in [-0.39, 0.29) is 80.5 Å². The van der Waals surface area contributed by atoms with Gasteiger partial charge in [-0.15, -0.1) is 0 Å². The van der Waals surface area contributed by atoms with Crippen molar-refractivity contribution in [1.29, 1.82) is 0 Å². The van der Waals surface area contributed by atoms with Crippen molar-refractivity contribution < 1.29 is 58.6 Å². The van der Waals surface area contributed by atoms with E-state index < -0.39 is 53.5 Å². The second-order valence-corrected chi connectivity index (χ2v) is 18.7. The number of aliphatic hydroxyl groups excluding tert-OH is 2. The molecule has 0 aromatic heterocycles. The molecule has 0 bridgehead atoms.